The Morgan fingerprint density at radius 2 is 2.06 bits per heavy atom. The average molecular weight is 278 g/mol. The summed E-state index contributed by atoms with van der Waals surface area (Å²) < 4.78 is 37.8. The van der Waals surface area contributed by atoms with Gasteiger partial charge in [-0.15, -0.1) is 0 Å². The van der Waals surface area contributed by atoms with Crippen LogP contribution >= 0.6 is 11.6 Å². The van der Waals surface area contributed by atoms with E-state index in [-0.39, 0.29) is 0 Å². The molecule has 1 aromatic carbocycles. The van der Waals surface area contributed by atoms with E-state index in [2.05, 4.69) is 10.9 Å². The SMILES string of the molecule is CN1C=C(c2cccc(C(F)(F)F)c2)NNC1Cl. The highest BCUT2D eigenvalue weighted by Crippen LogP contribution is 2.30. The molecule has 3 nitrogen and oxygen atoms in total. The van der Waals surface area contributed by atoms with Gasteiger partial charge in [0.1, 0.15) is 0 Å². The number of nitrogens with one attached hydrogen (secondary N) is 2. The van der Waals surface area contributed by atoms with Crippen molar-refractivity contribution >= 4 is 17.3 Å². The topological polar surface area (TPSA) is 27.3 Å². The van der Waals surface area contributed by atoms with Crippen LogP contribution in [0.3, 0.4) is 0 Å². The number of rotatable bonds is 1. The van der Waals surface area contributed by atoms with Gasteiger partial charge in [0.2, 0.25) is 0 Å². The molecule has 7 heteroatoms. The molecule has 0 spiro atoms. The molecule has 0 aromatic heterocycles. The summed E-state index contributed by atoms with van der Waals surface area (Å²) in [6, 6.07) is 5.09. The van der Waals surface area contributed by atoms with Crippen LogP contribution < -0.4 is 10.9 Å². The Balaban J connectivity index is 2.32. The molecular formula is C11H11ClF3N3. The van der Waals surface area contributed by atoms with Crippen molar-refractivity contribution in [3.63, 3.8) is 0 Å². The van der Waals surface area contributed by atoms with Gasteiger partial charge in [0.15, 0.2) is 5.62 Å². The van der Waals surface area contributed by atoms with E-state index in [0.29, 0.717) is 11.3 Å². The molecule has 0 radical (unpaired) electrons. The number of halogens is 4. The summed E-state index contributed by atoms with van der Waals surface area (Å²) in [6.45, 7) is 0. The van der Waals surface area contributed by atoms with Gasteiger partial charge in [-0.2, -0.15) is 13.2 Å². The summed E-state index contributed by atoms with van der Waals surface area (Å²) in [5.41, 5.74) is 5.33. The van der Waals surface area contributed by atoms with Crippen molar-refractivity contribution in [2.45, 2.75) is 11.8 Å². The zero-order valence-electron chi connectivity index (χ0n) is 9.42. The molecule has 0 aliphatic carbocycles. The standard InChI is InChI=1S/C11H11ClF3N3/c1-18-6-9(16-17-10(18)12)7-3-2-4-8(5-7)11(13,14)15/h2-6,10,16-17H,1H3. The summed E-state index contributed by atoms with van der Waals surface area (Å²) >= 11 is 5.85. The second-order valence-corrected chi connectivity index (χ2v) is 4.31. The Hall–Kier alpha value is -1.40. The Morgan fingerprint density at radius 3 is 2.67 bits per heavy atom. The van der Waals surface area contributed by atoms with E-state index in [1.807, 2.05) is 0 Å². The molecular weight excluding hydrogens is 267 g/mol. The summed E-state index contributed by atoms with van der Waals surface area (Å²) in [7, 11) is 1.72. The van der Waals surface area contributed by atoms with E-state index in [0.717, 1.165) is 12.1 Å². The van der Waals surface area contributed by atoms with Gasteiger partial charge in [0.05, 0.1) is 11.3 Å². The monoisotopic (exact) mass is 277 g/mol. The molecule has 0 saturated heterocycles. The lowest BCUT2D eigenvalue weighted by molar-refractivity contribution is -0.137. The predicted molar refractivity (Wildman–Crippen MR) is 63.1 cm³/mol. The number of alkyl halides is 4. The van der Waals surface area contributed by atoms with E-state index < -0.39 is 17.4 Å². The molecule has 1 aromatic rings. The third-order valence-corrected chi connectivity index (χ3v) is 2.93. The number of hydrogen-bond donors (Lipinski definition) is 2. The Bertz CT molecular complexity index is 473. The molecule has 1 atom stereocenters. The summed E-state index contributed by atoms with van der Waals surface area (Å²) in [5.74, 6) is 0. The van der Waals surface area contributed by atoms with Gasteiger partial charge < -0.3 is 10.3 Å². The normalized spacial score (nSPS) is 20.4. The van der Waals surface area contributed by atoms with Gasteiger partial charge in [-0.3, -0.25) is 0 Å². The Labute approximate surface area is 107 Å². The van der Waals surface area contributed by atoms with Crippen molar-refractivity contribution in [1.82, 2.24) is 15.8 Å². The lowest BCUT2D eigenvalue weighted by Crippen LogP contribution is -2.48. The largest absolute Gasteiger partial charge is 0.416 e. The highest BCUT2D eigenvalue weighted by Gasteiger charge is 2.30. The van der Waals surface area contributed by atoms with Crippen molar-refractivity contribution in [3.8, 4) is 0 Å². The van der Waals surface area contributed by atoms with Crippen LogP contribution in [0.2, 0.25) is 0 Å². The number of hydrogen-bond acceptors (Lipinski definition) is 3. The van der Waals surface area contributed by atoms with Gasteiger partial charge in [0.25, 0.3) is 0 Å². The number of nitrogens with zero attached hydrogens (tertiary/aromatic N) is 1. The van der Waals surface area contributed by atoms with Gasteiger partial charge in [-0.1, -0.05) is 23.7 Å². The molecule has 0 fully saturated rings. The first kappa shape index (κ1) is 13.0. The Morgan fingerprint density at radius 1 is 1.33 bits per heavy atom. The minimum absolute atomic E-state index is 0.438. The van der Waals surface area contributed by atoms with E-state index in [9.17, 15) is 13.2 Å². The van der Waals surface area contributed by atoms with Crippen molar-refractivity contribution in [1.29, 1.82) is 0 Å². The molecule has 0 amide bonds. The maximum Gasteiger partial charge on any atom is 0.416 e. The second kappa shape index (κ2) is 4.70. The predicted octanol–water partition coefficient (Wildman–Crippen LogP) is 2.57. The molecule has 2 rings (SSSR count). The van der Waals surface area contributed by atoms with Crippen LogP contribution in [0.5, 0.6) is 0 Å². The second-order valence-electron chi connectivity index (χ2n) is 3.89. The molecule has 18 heavy (non-hydrogen) atoms. The first-order valence-corrected chi connectivity index (χ1v) is 5.58. The fraction of sp³-hybridized carbons (Fsp3) is 0.273. The lowest BCUT2D eigenvalue weighted by atomic mass is 10.1. The van der Waals surface area contributed by atoms with Crippen LogP contribution in [-0.2, 0) is 6.18 Å². The van der Waals surface area contributed by atoms with Crippen LogP contribution in [0.4, 0.5) is 13.2 Å². The molecule has 0 bridgehead atoms. The van der Waals surface area contributed by atoms with E-state index in [1.165, 1.54) is 6.07 Å². The smallest absolute Gasteiger partial charge is 0.349 e. The zero-order chi connectivity index (χ0) is 13.3. The molecule has 1 aliphatic heterocycles. The van der Waals surface area contributed by atoms with Gasteiger partial charge >= 0.3 is 6.18 Å². The minimum atomic E-state index is -4.35. The number of benzene rings is 1. The summed E-state index contributed by atoms with van der Waals surface area (Å²) in [4.78, 5) is 1.65. The fourth-order valence-corrected chi connectivity index (χ4v) is 1.66. The highest BCUT2D eigenvalue weighted by atomic mass is 35.5. The molecule has 1 aliphatic rings. The van der Waals surface area contributed by atoms with Gasteiger partial charge in [-0.25, -0.2) is 5.43 Å². The van der Waals surface area contributed by atoms with Crippen LogP contribution in [0.25, 0.3) is 5.70 Å². The van der Waals surface area contributed by atoms with Gasteiger partial charge in [-0.05, 0) is 12.1 Å². The molecule has 2 N–H and O–H groups in total. The highest BCUT2D eigenvalue weighted by molar-refractivity contribution is 6.20. The van der Waals surface area contributed by atoms with Crippen LogP contribution in [0.15, 0.2) is 30.5 Å². The maximum absolute atomic E-state index is 12.6. The summed E-state index contributed by atoms with van der Waals surface area (Å²) in [5, 5.41) is 0. The molecule has 98 valence electrons. The number of hydrazine groups is 1. The van der Waals surface area contributed by atoms with Crippen molar-refractivity contribution in [2.75, 3.05) is 7.05 Å². The molecule has 1 heterocycles. The van der Waals surface area contributed by atoms with E-state index in [1.54, 1.807) is 24.2 Å². The zero-order valence-corrected chi connectivity index (χ0v) is 10.2. The third kappa shape index (κ3) is 2.70. The van der Waals surface area contributed by atoms with E-state index >= 15 is 0 Å². The Kier molecular flexibility index (Phi) is 3.41. The quantitative estimate of drug-likeness (QED) is 0.610. The van der Waals surface area contributed by atoms with Crippen LogP contribution in [-0.4, -0.2) is 17.6 Å². The minimum Gasteiger partial charge on any atom is -0.349 e. The van der Waals surface area contributed by atoms with Crippen LogP contribution in [0.1, 0.15) is 11.1 Å². The van der Waals surface area contributed by atoms with Gasteiger partial charge in [0, 0.05) is 18.8 Å². The first-order chi connectivity index (χ1) is 8.38. The fourth-order valence-electron chi connectivity index (χ4n) is 1.55. The summed E-state index contributed by atoms with van der Waals surface area (Å²) in [6.07, 6.45) is -2.71. The van der Waals surface area contributed by atoms with Crippen molar-refractivity contribution in [3.05, 3.63) is 41.6 Å². The van der Waals surface area contributed by atoms with Crippen LogP contribution in [0, 0.1) is 0 Å². The average Bonchev–Trinajstić information content (AvgIpc) is 2.32. The van der Waals surface area contributed by atoms with Crippen molar-refractivity contribution < 1.29 is 13.2 Å². The third-order valence-electron chi connectivity index (χ3n) is 2.52. The maximum atomic E-state index is 12.6. The first-order valence-electron chi connectivity index (χ1n) is 5.15. The van der Waals surface area contributed by atoms with E-state index in [4.69, 9.17) is 11.6 Å². The lowest BCUT2D eigenvalue weighted by Gasteiger charge is -2.30. The van der Waals surface area contributed by atoms with Crippen molar-refractivity contribution in [2.24, 2.45) is 0 Å². The molecule has 0 saturated carbocycles. The molecule has 1 unspecified atom stereocenters.